The van der Waals surface area contributed by atoms with Crippen LogP contribution in [0.25, 0.3) is 11.1 Å². The molecule has 0 saturated heterocycles. The summed E-state index contributed by atoms with van der Waals surface area (Å²) < 4.78 is 5.16. The molecule has 0 fully saturated rings. The van der Waals surface area contributed by atoms with E-state index in [2.05, 4.69) is 15.4 Å². The Balaban J connectivity index is 1.68. The maximum absolute atomic E-state index is 11.0. The largest absolute Gasteiger partial charge is 0.497 e. The third-order valence-electron chi connectivity index (χ3n) is 3.47. The van der Waals surface area contributed by atoms with Crippen LogP contribution in [0.4, 0.5) is 0 Å². The number of carbonyl (C=O) groups is 1. The van der Waals surface area contributed by atoms with Crippen LogP contribution in [0.15, 0.2) is 53.6 Å². The molecule has 0 saturated carbocycles. The Labute approximate surface area is 142 Å². The van der Waals surface area contributed by atoms with Gasteiger partial charge in [-0.25, -0.2) is 4.79 Å². The van der Waals surface area contributed by atoms with Crippen LogP contribution in [-0.2, 0) is 5.75 Å². The van der Waals surface area contributed by atoms with Gasteiger partial charge in [-0.3, -0.25) is 0 Å². The number of carboxylic acid groups (broad SMARTS) is 1. The first-order valence-electron chi connectivity index (χ1n) is 7.17. The standard InChI is InChI=1S/C17H15N3O3S/c1-23-14-8-6-13(7-9-14)12-4-2-11(3-5-12)10-24-16-15(17(21)22)18-20-19-16/h2-9H,10H2,1H3,(H,21,22)(H,18,19,20). The van der Waals surface area contributed by atoms with E-state index in [1.165, 1.54) is 11.8 Å². The average Bonchev–Trinajstić information content (AvgIpc) is 3.09. The topological polar surface area (TPSA) is 88.1 Å². The molecule has 2 N–H and O–H groups in total. The van der Waals surface area contributed by atoms with Gasteiger partial charge in [0.1, 0.15) is 5.75 Å². The number of thioether (sulfide) groups is 1. The molecule has 0 amide bonds. The normalized spacial score (nSPS) is 10.5. The van der Waals surface area contributed by atoms with E-state index >= 15 is 0 Å². The Morgan fingerprint density at radius 2 is 1.71 bits per heavy atom. The minimum atomic E-state index is -1.08. The van der Waals surface area contributed by atoms with Crippen LogP contribution in [0.3, 0.4) is 0 Å². The molecule has 3 aromatic rings. The molecule has 24 heavy (non-hydrogen) atoms. The van der Waals surface area contributed by atoms with E-state index in [0.29, 0.717) is 10.8 Å². The van der Waals surface area contributed by atoms with Crippen LogP contribution in [-0.4, -0.2) is 33.6 Å². The molecular weight excluding hydrogens is 326 g/mol. The van der Waals surface area contributed by atoms with Gasteiger partial charge < -0.3 is 9.84 Å². The number of ether oxygens (including phenoxy) is 1. The highest BCUT2D eigenvalue weighted by Gasteiger charge is 2.15. The molecule has 1 heterocycles. The number of H-pyrrole nitrogens is 1. The van der Waals surface area contributed by atoms with E-state index in [1.807, 2.05) is 48.5 Å². The molecule has 0 spiro atoms. The SMILES string of the molecule is COc1ccc(-c2ccc(CSc3n[nH]nc3C(=O)O)cc2)cc1. The summed E-state index contributed by atoms with van der Waals surface area (Å²) in [5.41, 5.74) is 3.25. The summed E-state index contributed by atoms with van der Waals surface area (Å²) in [5, 5.41) is 19.2. The van der Waals surface area contributed by atoms with E-state index < -0.39 is 5.97 Å². The number of rotatable bonds is 6. The van der Waals surface area contributed by atoms with Gasteiger partial charge in [-0.15, -0.1) is 10.2 Å². The third kappa shape index (κ3) is 3.57. The van der Waals surface area contributed by atoms with Gasteiger partial charge in [0.25, 0.3) is 0 Å². The van der Waals surface area contributed by atoms with Crippen LogP contribution in [0, 0.1) is 0 Å². The molecule has 0 bridgehead atoms. The van der Waals surface area contributed by atoms with Crippen molar-refractivity contribution in [1.29, 1.82) is 0 Å². The quantitative estimate of drug-likeness (QED) is 0.668. The number of methoxy groups -OCH3 is 1. The third-order valence-corrected chi connectivity index (χ3v) is 4.51. The number of nitrogens with zero attached hydrogens (tertiary/aromatic N) is 2. The molecule has 7 heteroatoms. The Morgan fingerprint density at radius 3 is 2.29 bits per heavy atom. The Morgan fingerprint density at radius 1 is 1.08 bits per heavy atom. The first kappa shape index (κ1) is 16.1. The first-order chi connectivity index (χ1) is 11.7. The zero-order chi connectivity index (χ0) is 16.9. The Kier molecular flexibility index (Phi) is 4.81. The molecule has 0 unspecified atom stereocenters. The van der Waals surface area contributed by atoms with Gasteiger partial charge in [-0.05, 0) is 28.8 Å². The summed E-state index contributed by atoms with van der Waals surface area (Å²) >= 11 is 1.34. The fraction of sp³-hybridized carbons (Fsp3) is 0.118. The molecule has 0 aliphatic carbocycles. The Bertz CT molecular complexity index is 829. The van der Waals surface area contributed by atoms with E-state index in [1.54, 1.807) is 7.11 Å². The lowest BCUT2D eigenvalue weighted by Crippen LogP contribution is -1.98. The van der Waals surface area contributed by atoms with Crippen molar-refractivity contribution in [2.45, 2.75) is 10.8 Å². The zero-order valence-electron chi connectivity index (χ0n) is 12.9. The van der Waals surface area contributed by atoms with Crippen molar-refractivity contribution in [3.8, 4) is 16.9 Å². The number of hydrogen-bond donors (Lipinski definition) is 2. The van der Waals surface area contributed by atoms with Gasteiger partial charge in [-0.1, -0.05) is 48.2 Å². The molecule has 6 nitrogen and oxygen atoms in total. The summed E-state index contributed by atoms with van der Waals surface area (Å²) in [6.45, 7) is 0. The number of carboxylic acids is 1. The van der Waals surface area contributed by atoms with E-state index in [-0.39, 0.29) is 5.69 Å². The van der Waals surface area contributed by atoms with Crippen LogP contribution in [0.5, 0.6) is 5.75 Å². The van der Waals surface area contributed by atoms with Crippen LogP contribution in [0.1, 0.15) is 16.1 Å². The molecule has 122 valence electrons. The van der Waals surface area contributed by atoms with Crippen molar-refractivity contribution in [3.63, 3.8) is 0 Å². The van der Waals surface area contributed by atoms with Crippen molar-refractivity contribution in [2.75, 3.05) is 7.11 Å². The number of aromatic nitrogens is 3. The fourth-order valence-electron chi connectivity index (χ4n) is 2.19. The number of aromatic carboxylic acids is 1. The number of hydrogen-bond acceptors (Lipinski definition) is 5. The van der Waals surface area contributed by atoms with Gasteiger partial charge >= 0.3 is 5.97 Å². The summed E-state index contributed by atoms with van der Waals surface area (Å²) in [4.78, 5) is 11.0. The minimum Gasteiger partial charge on any atom is -0.497 e. The number of nitrogens with one attached hydrogen (secondary N) is 1. The van der Waals surface area contributed by atoms with Gasteiger partial charge in [0.15, 0.2) is 5.03 Å². The monoisotopic (exact) mass is 341 g/mol. The van der Waals surface area contributed by atoms with Gasteiger partial charge in [-0.2, -0.15) is 5.21 Å². The molecule has 2 aromatic carbocycles. The zero-order valence-corrected chi connectivity index (χ0v) is 13.7. The molecule has 0 aliphatic rings. The smallest absolute Gasteiger partial charge is 0.359 e. The highest BCUT2D eigenvalue weighted by molar-refractivity contribution is 7.98. The molecule has 0 radical (unpaired) electrons. The first-order valence-corrected chi connectivity index (χ1v) is 8.16. The van der Waals surface area contributed by atoms with Crippen LogP contribution < -0.4 is 4.74 Å². The van der Waals surface area contributed by atoms with Crippen molar-refractivity contribution in [3.05, 3.63) is 59.8 Å². The van der Waals surface area contributed by atoms with Crippen molar-refractivity contribution in [2.24, 2.45) is 0 Å². The van der Waals surface area contributed by atoms with Crippen molar-refractivity contribution < 1.29 is 14.6 Å². The maximum atomic E-state index is 11.0. The Hall–Kier alpha value is -2.80. The summed E-state index contributed by atoms with van der Waals surface area (Å²) in [6, 6.07) is 16.0. The minimum absolute atomic E-state index is 0.0464. The molecule has 1 aromatic heterocycles. The van der Waals surface area contributed by atoms with E-state index in [9.17, 15) is 4.79 Å². The van der Waals surface area contributed by atoms with Crippen LogP contribution in [0.2, 0.25) is 0 Å². The summed E-state index contributed by atoms with van der Waals surface area (Å²) in [5.74, 6) is 0.366. The summed E-state index contributed by atoms with van der Waals surface area (Å²) in [7, 11) is 1.64. The fourth-order valence-corrected chi connectivity index (χ4v) is 3.06. The van der Waals surface area contributed by atoms with E-state index in [0.717, 1.165) is 22.4 Å². The lowest BCUT2D eigenvalue weighted by Gasteiger charge is -2.05. The van der Waals surface area contributed by atoms with E-state index in [4.69, 9.17) is 9.84 Å². The summed E-state index contributed by atoms with van der Waals surface area (Å²) in [6.07, 6.45) is 0. The predicted molar refractivity (Wildman–Crippen MR) is 91.3 cm³/mol. The second-order valence-corrected chi connectivity index (χ2v) is 5.96. The van der Waals surface area contributed by atoms with Crippen molar-refractivity contribution in [1.82, 2.24) is 15.4 Å². The van der Waals surface area contributed by atoms with Crippen molar-refractivity contribution >= 4 is 17.7 Å². The lowest BCUT2D eigenvalue weighted by molar-refractivity contribution is 0.0686. The highest BCUT2D eigenvalue weighted by Crippen LogP contribution is 2.26. The maximum Gasteiger partial charge on any atom is 0.359 e. The molecule has 0 aliphatic heterocycles. The highest BCUT2D eigenvalue weighted by atomic mass is 32.2. The average molecular weight is 341 g/mol. The second-order valence-electron chi connectivity index (χ2n) is 5.00. The number of benzene rings is 2. The lowest BCUT2D eigenvalue weighted by atomic mass is 10.0. The van der Waals surface area contributed by atoms with Gasteiger partial charge in [0, 0.05) is 5.75 Å². The van der Waals surface area contributed by atoms with Gasteiger partial charge in [0.2, 0.25) is 5.69 Å². The molecule has 3 rings (SSSR count). The predicted octanol–water partition coefficient (Wildman–Crippen LogP) is 3.47. The second kappa shape index (κ2) is 7.18. The number of aromatic amines is 1. The molecular formula is C17H15N3O3S. The molecule has 0 atom stereocenters. The van der Waals surface area contributed by atoms with Crippen LogP contribution >= 0.6 is 11.8 Å². The van der Waals surface area contributed by atoms with Gasteiger partial charge in [0.05, 0.1) is 7.11 Å².